The SMILES string of the molecule is O=C(NC1C2CN3CCN(C2)CC1(c1ccccc1)C3)c1cn2ccsc2n1. The van der Waals surface area contributed by atoms with Gasteiger partial charge in [-0.3, -0.25) is 9.20 Å². The Morgan fingerprint density at radius 2 is 1.89 bits per heavy atom. The van der Waals surface area contributed by atoms with Crippen molar-refractivity contribution in [3.63, 3.8) is 0 Å². The summed E-state index contributed by atoms with van der Waals surface area (Å²) < 4.78 is 1.92. The van der Waals surface area contributed by atoms with E-state index in [4.69, 9.17) is 0 Å². The molecule has 6 heterocycles. The van der Waals surface area contributed by atoms with Crippen LogP contribution in [-0.4, -0.2) is 70.4 Å². The van der Waals surface area contributed by atoms with Crippen LogP contribution in [-0.2, 0) is 5.41 Å². The lowest BCUT2D eigenvalue weighted by Gasteiger charge is -2.55. The van der Waals surface area contributed by atoms with E-state index in [0.717, 1.165) is 44.2 Å². The molecule has 0 saturated carbocycles. The summed E-state index contributed by atoms with van der Waals surface area (Å²) in [4.78, 5) is 23.7. The molecule has 4 aliphatic rings. The van der Waals surface area contributed by atoms with E-state index in [2.05, 4.69) is 50.4 Å². The molecule has 1 N–H and O–H groups in total. The first-order chi connectivity index (χ1) is 13.7. The predicted octanol–water partition coefficient (Wildman–Crippen LogP) is 1.69. The Bertz CT molecular complexity index is 983. The number of aromatic nitrogens is 2. The van der Waals surface area contributed by atoms with Crippen molar-refractivity contribution < 1.29 is 4.79 Å². The molecule has 0 aliphatic carbocycles. The van der Waals surface area contributed by atoms with Crippen molar-refractivity contribution in [2.75, 3.05) is 39.3 Å². The van der Waals surface area contributed by atoms with E-state index in [9.17, 15) is 4.79 Å². The van der Waals surface area contributed by atoms with Crippen LogP contribution in [0.25, 0.3) is 4.96 Å². The van der Waals surface area contributed by atoms with E-state index in [-0.39, 0.29) is 17.4 Å². The molecular formula is C21H23N5OS. The lowest BCUT2D eigenvalue weighted by molar-refractivity contribution is 0.0179. The van der Waals surface area contributed by atoms with Gasteiger partial charge in [-0.25, -0.2) is 4.98 Å². The highest BCUT2D eigenvalue weighted by molar-refractivity contribution is 7.15. The van der Waals surface area contributed by atoms with E-state index >= 15 is 0 Å². The molecular weight excluding hydrogens is 370 g/mol. The number of amides is 1. The normalized spacial score (nSPS) is 33.9. The minimum absolute atomic E-state index is 0.0487. The topological polar surface area (TPSA) is 52.9 Å². The summed E-state index contributed by atoms with van der Waals surface area (Å²) in [5.74, 6) is 0.394. The summed E-state index contributed by atoms with van der Waals surface area (Å²) in [6.07, 6.45) is 3.79. The van der Waals surface area contributed by atoms with Crippen molar-refractivity contribution in [1.29, 1.82) is 0 Å². The molecule has 4 fully saturated rings. The average Bonchev–Trinajstić information content (AvgIpc) is 3.21. The Morgan fingerprint density at radius 1 is 1.14 bits per heavy atom. The van der Waals surface area contributed by atoms with Gasteiger partial charge in [0.05, 0.1) is 0 Å². The van der Waals surface area contributed by atoms with Crippen LogP contribution in [0.2, 0.25) is 0 Å². The van der Waals surface area contributed by atoms with Gasteiger partial charge in [-0.2, -0.15) is 0 Å². The van der Waals surface area contributed by atoms with Crippen LogP contribution < -0.4 is 5.32 Å². The fourth-order valence-electron chi connectivity index (χ4n) is 5.62. The first kappa shape index (κ1) is 16.7. The summed E-state index contributed by atoms with van der Waals surface area (Å²) in [5, 5.41) is 5.42. The number of benzene rings is 1. The van der Waals surface area contributed by atoms with Crippen LogP contribution in [0.4, 0.5) is 0 Å². The summed E-state index contributed by atoms with van der Waals surface area (Å²) in [6, 6.07) is 10.9. The molecule has 4 bridgehead atoms. The molecule has 0 spiro atoms. The molecule has 1 aromatic carbocycles. The summed E-state index contributed by atoms with van der Waals surface area (Å²) in [7, 11) is 0. The summed E-state index contributed by atoms with van der Waals surface area (Å²) in [5.41, 5.74) is 1.79. The Balaban J connectivity index is 1.38. The number of imidazole rings is 1. The molecule has 144 valence electrons. The van der Waals surface area contributed by atoms with Crippen LogP contribution >= 0.6 is 11.3 Å². The standard InChI is InChI=1S/C21H23N5OS/c27-19(17-12-26-8-9-28-20(26)22-17)23-18-15-10-24-6-7-25(11-15)14-21(18,13-24)16-4-2-1-3-5-16/h1-5,8-9,12,15,18H,6-7,10-11,13-14H2,(H,23,27). The second kappa shape index (κ2) is 6.14. The molecule has 3 unspecified atom stereocenters. The highest BCUT2D eigenvalue weighted by Gasteiger charge is 2.55. The monoisotopic (exact) mass is 393 g/mol. The minimum Gasteiger partial charge on any atom is -0.347 e. The highest BCUT2D eigenvalue weighted by Crippen LogP contribution is 2.43. The van der Waals surface area contributed by atoms with Gasteiger partial charge in [0.15, 0.2) is 4.96 Å². The third-order valence-electron chi connectivity index (χ3n) is 6.76. The molecule has 0 radical (unpaired) electrons. The van der Waals surface area contributed by atoms with E-state index in [1.807, 2.05) is 22.2 Å². The zero-order valence-electron chi connectivity index (χ0n) is 15.6. The van der Waals surface area contributed by atoms with E-state index in [1.54, 1.807) is 11.3 Å². The maximum atomic E-state index is 13.2. The van der Waals surface area contributed by atoms with Gasteiger partial charge in [-0.05, 0) is 5.56 Å². The molecule has 2 aromatic heterocycles. The second-order valence-corrected chi connectivity index (χ2v) is 9.30. The number of nitrogens with one attached hydrogen (secondary N) is 1. The van der Waals surface area contributed by atoms with Gasteiger partial charge < -0.3 is 15.1 Å². The lowest BCUT2D eigenvalue weighted by atomic mass is 9.64. The number of hydrogen-bond donors (Lipinski definition) is 1. The van der Waals surface area contributed by atoms with Crippen molar-refractivity contribution >= 4 is 22.2 Å². The molecule has 1 amide bonds. The number of piperidine rings is 2. The number of thiazole rings is 1. The molecule has 7 rings (SSSR count). The Morgan fingerprint density at radius 3 is 2.61 bits per heavy atom. The van der Waals surface area contributed by atoms with Gasteiger partial charge in [0.1, 0.15) is 5.69 Å². The maximum absolute atomic E-state index is 13.2. The van der Waals surface area contributed by atoms with Crippen molar-refractivity contribution in [2.45, 2.75) is 11.5 Å². The number of nitrogens with zero attached hydrogens (tertiary/aromatic N) is 4. The highest BCUT2D eigenvalue weighted by atomic mass is 32.1. The van der Waals surface area contributed by atoms with Crippen molar-refractivity contribution in [1.82, 2.24) is 24.5 Å². The van der Waals surface area contributed by atoms with Gasteiger partial charge in [0.2, 0.25) is 0 Å². The Labute approximate surface area is 167 Å². The van der Waals surface area contributed by atoms with Crippen molar-refractivity contribution in [3.8, 4) is 0 Å². The van der Waals surface area contributed by atoms with Crippen LogP contribution in [0.15, 0.2) is 48.1 Å². The first-order valence-electron chi connectivity index (χ1n) is 9.95. The lowest BCUT2D eigenvalue weighted by Crippen LogP contribution is -2.70. The van der Waals surface area contributed by atoms with Gasteiger partial charge in [-0.1, -0.05) is 30.3 Å². The Hall–Kier alpha value is -2.22. The van der Waals surface area contributed by atoms with Gasteiger partial charge >= 0.3 is 0 Å². The molecule has 7 heteroatoms. The third-order valence-corrected chi connectivity index (χ3v) is 7.53. The fourth-order valence-corrected chi connectivity index (χ4v) is 6.32. The number of rotatable bonds is 3. The maximum Gasteiger partial charge on any atom is 0.271 e. The van der Waals surface area contributed by atoms with E-state index < -0.39 is 0 Å². The third kappa shape index (κ3) is 2.46. The first-order valence-corrected chi connectivity index (χ1v) is 10.8. The molecule has 3 aromatic rings. The smallest absolute Gasteiger partial charge is 0.271 e. The van der Waals surface area contributed by atoms with Crippen LogP contribution in [0.3, 0.4) is 0 Å². The van der Waals surface area contributed by atoms with Crippen molar-refractivity contribution in [3.05, 3.63) is 59.4 Å². The minimum atomic E-state index is -0.0638. The molecule has 6 nitrogen and oxygen atoms in total. The quantitative estimate of drug-likeness (QED) is 0.736. The van der Waals surface area contributed by atoms with Crippen LogP contribution in [0.5, 0.6) is 0 Å². The predicted molar refractivity (Wildman–Crippen MR) is 109 cm³/mol. The molecule has 4 saturated heterocycles. The molecule has 3 atom stereocenters. The Kier molecular flexibility index (Phi) is 3.66. The van der Waals surface area contributed by atoms with Gasteiger partial charge in [0.25, 0.3) is 5.91 Å². The summed E-state index contributed by atoms with van der Waals surface area (Å²) >= 11 is 1.55. The van der Waals surface area contributed by atoms with Crippen LogP contribution in [0.1, 0.15) is 16.1 Å². The summed E-state index contributed by atoms with van der Waals surface area (Å²) in [6.45, 7) is 6.40. The average molecular weight is 394 g/mol. The van der Waals surface area contributed by atoms with E-state index in [1.165, 1.54) is 5.56 Å². The zero-order valence-corrected chi connectivity index (χ0v) is 16.4. The number of carbonyl (C=O) groups excluding carboxylic acids is 1. The zero-order chi connectivity index (χ0) is 18.7. The van der Waals surface area contributed by atoms with Gasteiger partial charge in [-0.15, -0.1) is 11.3 Å². The van der Waals surface area contributed by atoms with E-state index in [0.29, 0.717) is 11.6 Å². The molecule has 4 aliphatic heterocycles. The fraction of sp³-hybridized carbons (Fsp3) is 0.429. The number of hydrogen-bond acceptors (Lipinski definition) is 5. The van der Waals surface area contributed by atoms with Gasteiger partial charge in [0, 0.05) is 74.4 Å². The largest absolute Gasteiger partial charge is 0.347 e. The molecule has 28 heavy (non-hydrogen) atoms. The second-order valence-electron chi connectivity index (χ2n) is 8.42. The van der Waals surface area contributed by atoms with Crippen molar-refractivity contribution in [2.24, 2.45) is 5.92 Å². The van der Waals surface area contributed by atoms with Crippen LogP contribution in [0, 0.1) is 5.92 Å². The number of fused-ring (bicyclic) bond motifs is 2. The number of carbonyl (C=O) groups is 1.